The molecule has 2 nitrogen and oxygen atoms in total. The summed E-state index contributed by atoms with van der Waals surface area (Å²) in [7, 11) is 0. The van der Waals surface area contributed by atoms with Crippen molar-refractivity contribution in [3.63, 3.8) is 0 Å². The van der Waals surface area contributed by atoms with Crippen molar-refractivity contribution in [2.45, 2.75) is 12.3 Å². The fraction of sp³-hybridized carbons (Fsp3) is 0.400. The first-order chi connectivity index (χ1) is 5.92. The van der Waals surface area contributed by atoms with Gasteiger partial charge in [0.25, 0.3) is 0 Å². The lowest BCUT2D eigenvalue weighted by atomic mass is 9.91. The fourth-order valence-corrected chi connectivity index (χ4v) is 1.80. The van der Waals surface area contributed by atoms with Crippen LogP contribution in [-0.4, -0.2) is 13.1 Å². The van der Waals surface area contributed by atoms with Crippen LogP contribution in [-0.2, 0) is 0 Å². The van der Waals surface area contributed by atoms with Crippen LogP contribution in [0, 0.1) is 0 Å². The molecule has 0 aliphatic carbocycles. The molecule has 0 bridgehead atoms. The van der Waals surface area contributed by atoms with Gasteiger partial charge >= 0.3 is 0 Å². The second-order valence-corrected chi connectivity index (χ2v) is 3.24. The summed E-state index contributed by atoms with van der Waals surface area (Å²) in [6.45, 7) is 1.82. The number of benzene rings is 1. The van der Waals surface area contributed by atoms with Crippen LogP contribution in [0.5, 0.6) is 0 Å². The molecule has 64 valence electrons. The summed E-state index contributed by atoms with van der Waals surface area (Å²) < 4.78 is 0. The van der Waals surface area contributed by atoms with Crippen LogP contribution >= 0.6 is 0 Å². The number of anilines is 1. The Kier molecular flexibility index (Phi) is 2.00. The highest BCUT2D eigenvalue weighted by Gasteiger charge is 2.17. The third-order valence-corrected chi connectivity index (χ3v) is 2.49. The van der Waals surface area contributed by atoms with E-state index in [1.807, 2.05) is 0 Å². The summed E-state index contributed by atoms with van der Waals surface area (Å²) in [4.78, 5) is 0. The molecule has 1 aliphatic rings. The topological polar surface area (TPSA) is 38.0 Å². The fourth-order valence-electron chi connectivity index (χ4n) is 1.80. The van der Waals surface area contributed by atoms with Crippen molar-refractivity contribution in [3.8, 4) is 0 Å². The minimum Gasteiger partial charge on any atom is -0.385 e. The van der Waals surface area contributed by atoms with Gasteiger partial charge in [0.2, 0.25) is 0 Å². The second-order valence-electron chi connectivity index (χ2n) is 3.24. The Balaban J connectivity index is 2.37. The smallest absolute Gasteiger partial charge is 0.0376 e. The highest BCUT2D eigenvalue weighted by Crippen LogP contribution is 2.29. The zero-order chi connectivity index (χ0) is 8.39. The van der Waals surface area contributed by atoms with Gasteiger partial charge in [-0.2, -0.15) is 0 Å². The first kappa shape index (κ1) is 7.62. The summed E-state index contributed by atoms with van der Waals surface area (Å²) in [5.74, 6) is 0.558. The quantitative estimate of drug-likeness (QED) is 0.657. The number of hydrogen-bond acceptors (Lipinski definition) is 2. The van der Waals surface area contributed by atoms with Gasteiger partial charge < -0.3 is 11.1 Å². The third-order valence-electron chi connectivity index (χ3n) is 2.49. The Morgan fingerprint density at radius 2 is 2.25 bits per heavy atom. The molecule has 1 aromatic rings. The Labute approximate surface area is 72.8 Å². The molecule has 0 fully saturated rings. The molecule has 0 radical (unpaired) electrons. The molecule has 2 rings (SSSR count). The highest BCUT2D eigenvalue weighted by molar-refractivity contribution is 5.54. The minimum absolute atomic E-state index is 0.558. The van der Waals surface area contributed by atoms with E-state index in [-0.39, 0.29) is 0 Å². The van der Waals surface area contributed by atoms with Crippen molar-refractivity contribution in [1.82, 2.24) is 0 Å². The van der Waals surface area contributed by atoms with Crippen molar-refractivity contribution in [2.24, 2.45) is 5.73 Å². The zero-order valence-corrected chi connectivity index (χ0v) is 7.09. The molecule has 3 N–H and O–H groups in total. The third kappa shape index (κ3) is 1.18. The Hall–Kier alpha value is -1.02. The van der Waals surface area contributed by atoms with E-state index in [4.69, 9.17) is 5.73 Å². The van der Waals surface area contributed by atoms with E-state index in [0.29, 0.717) is 5.92 Å². The molecule has 1 aromatic carbocycles. The summed E-state index contributed by atoms with van der Waals surface area (Å²) in [5.41, 5.74) is 8.33. The van der Waals surface area contributed by atoms with E-state index in [1.165, 1.54) is 11.3 Å². The maximum Gasteiger partial charge on any atom is 0.0376 e. The van der Waals surface area contributed by atoms with Crippen LogP contribution in [0.2, 0.25) is 0 Å². The van der Waals surface area contributed by atoms with Crippen LogP contribution in [0.15, 0.2) is 24.3 Å². The van der Waals surface area contributed by atoms with Gasteiger partial charge in [0.1, 0.15) is 0 Å². The maximum absolute atomic E-state index is 5.69. The van der Waals surface area contributed by atoms with E-state index < -0.39 is 0 Å². The first-order valence-electron chi connectivity index (χ1n) is 4.44. The summed E-state index contributed by atoms with van der Waals surface area (Å²) in [6.07, 6.45) is 1.16. The number of para-hydroxylation sites is 1. The second kappa shape index (κ2) is 3.15. The first-order valence-corrected chi connectivity index (χ1v) is 4.44. The van der Waals surface area contributed by atoms with Crippen molar-refractivity contribution in [1.29, 1.82) is 0 Å². The van der Waals surface area contributed by atoms with Gasteiger partial charge in [0.05, 0.1) is 0 Å². The lowest BCUT2D eigenvalue weighted by Crippen LogP contribution is -2.22. The van der Waals surface area contributed by atoms with E-state index in [1.54, 1.807) is 0 Å². The Morgan fingerprint density at radius 1 is 1.42 bits per heavy atom. The number of rotatable bonds is 1. The largest absolute Gasteiger partial charge is 0.385 e. The van der Waals surface area contributed by atoms with E-state index in [0.717, 1.165) is 19.5 Å². The van der Waals surface area contributed by atoms with E-state index in [2.05, 4.69) is 29.6 Å². The van der Waals surface area contributed by atoms with Crippen LogP contribution in [0.25, 0.3) is 0 Å². The molecule has 0 saturated carbocycles. The molecule has 0 amide bonds. The average molecular weight is 162 g/mol. The summed E-state index contributed by atoms with van der Waals surface area (Å²) in [6, 6.07) is 8.43. The van der Waals surface area contributed by atoms with Gasteiger partial charge in [0, 0.05) is 12.2 Å². The standard InChI is InChI=1S/C10H14N2/c11-7-8-5-6-12-10-4-2-1-3-9(8)10/h1-4,8,12H,5-7,11H2. The van der Waals surface area contributed by atoms with Crippen LogP contribution in [0.1, 0.15) is 17.9 Å². The predicted molar refractivity (Wildman–Crippen MR) is 51.3 cm³/mol. The number of hydrogen-bond donors (Lipinski definition) is 2. The van der Waals surface area contributed by atoms with Crippen molar-refractivity contribution in [3.05, 3.63) is 29.8 Å². The zero-order valence-electron chi connectivity index (χ0n) is 7.09. The summed E-state index contributed by atoms with van der Waals surface area (Å²) in [5, 5.41) is 3.37. The average Bonchev–Trinajstić information content (AvgIpc) is 2.17. The molecule has 1 atom stereocenters. The molecule has 0 aromatic heterocycles. The number of nitrogens with two attached hydrogens (primary N) is 1. The van der Waals surface area contributed by atoms with Crippen LogP contribution in [0.3, 0.4) is 0 Å². The van der Waals surface area contributed by atoms with Crippen molar-refractivity contribution >= 4 is 5.69 Å². The molecule has 12 heavy (non-hydrogen) atoms. The summed E-state index contributed by atoms with van der Waals surface area (Å²) >= 11 is 0. The Bertz CT molecular complexity index is 270. The maximum atomic E-state index is 5.69. The van der Waals surface area contributed by atoms with Crippen LogP contribution < -0.4 is 11.1 Å². The van der Waals surface area contributed by atoms with Crippen molar-refractivity contribution < 1.29 is 0 Å². The molecule has 1 aliphatic heterocycles. The van der Waals surface area contributed by atoms with Gasteiger partial charge in [-0.05, 0) is 30.5 Å². The molecular formula is C10H14N2. The lowest BCUT2D eigenvalue weighted by Gasteiger charge is -2.25. The predicted octanol–water partition coefficient (Wildman–Crippen LogP) is 1.54. The minimum atomic E-state index is 0.558. The van der Waals surface area contributed by atoms with Gasteiger partial charge in [-0.15, -0.1) is 0 Å². The molecule has 0 saturated heterocycles. The monoisotopic (exact) mass is 162 g/mol. The highest BCUT2D eigenvalue weighted by atomic mass is 14.9. The van der Waals surface area contributed by atoms with Crippen molar-refractivity contribution in [2.75, 3.05) is 18.4 Å². The number of fused-ring (bicyclic) bond motifs is 1. The molecule has 1 heterocycles. The van der Waals surface area contributed by atoms with E-state index >= 15 is 0 Å². The Morgan fingerprint density at radius 3 is 3.08 bits per heavy atom. The molecular weight excluding hydrogens is 148 g/mol. The van der Waals surface area contributed by atoms with Crippen LogP contribution in [0.4, 0.5) is 5.69 Å². The normalized spacial score (nSPS) is 21.2. The van der Waals surface area contributed by atoms with Gasteiger partial charge in [-0.3, -0.25) is 0 Å². The number of nitrogens with one attached hydrogen (secondary N) is 1. The molecule has 0 spiro atoms. The lowest BCUT2D eigenvalue weighted by molar-refractivity contribution is 0.637. The van der Waals surface area contributed by atoms with E-state index in [9.17, 15) is 0 Å². The van der Waals surface area contributed by atoms with Gasteiger partial charge in [-0.25, -0.2) is 0 Å². The molecule has 1 unspecified atom stereocenters. The van der Waals surface area contributed by atoms with Gasteiger partial charge in [0.15, 0.2) is 0 Å². The SMILES string of the molecule is NCC1CCNc2ccccc21. The van der Waals surface area contributed by atoms with Gasteiger partial charge in [-0.1, -0.05) is 18.2 Å². The molecule has 2 heteroatoms.